The van der Waals surface area contributed by atoms with E-state index in [4.69, 9.17) is 4.74 Å². The third-order valence-corrected chi connectivity index (χ3v) is 3.68. The quantitative estimate of drug-likeness (QED) is 0.865. The molecule has 2 rings (SSSR count). The highest BCUT2D eigenvalue weighted by Crippen LogP contribution is 2.25. The fourth-order valence-electron chi connectivity index (χ4n) is 2.60. The predicted molar refractivity (Wildman–Crippen MR) is 71.0 cm³/mol. The third kappa shape index (κ3) is 3.53. The van der Waals surface area contributed by atoms with Gasteiger partial charge >= 0.3 is 0 Å². The van der Waals surface area contributed by atoms with Gasteiger partial charge in [-0.15, -0.1) is 0 Å². The van der Waals surface area contributed by atoms with Crippen molar-refractivity contribution >= 4 is 0 Å². The van der Waals surface area contributed by atoms with Gasteiger partial charge in [-0.25, -0.2) is 4.39 Å². The maximum Gasteiger partial charge on any atom is 0.127 e. The van der Waals surface area contributed by atoms with Crippen LogP contribution < -0.4 is 5.32 Å². The molecule has 1 N–H and O–H groups in total. The molecule has 2 nitrogen and oxygen atoms in total. The largest absolute Gasteiger partial charge is 0.378 e. The van der Waals surface area contributed by atoms with Crippen LogP contribution in [0.15, 0.2) is 24.3 Å². The van der Waals surface area contributed by atoms with E-state index in [9.17, 15) is 4.39 Å². The van der Waals surface area contributed by atoms with Gasteiger partial charge in [-0.2, -0.15) is 0 Å². The molecule has 0 amide bonds. The van der Waals surface area contributed by atoms with Crippen molar-refractivity contribution in [3.05, 3.63) is 35.6 Å². The van der Waals surface area contributed by atoms with Gasteiger partial charge in [-0.3, -0.25) is 0 Å². The molecule has 1 aliphatic heterocycles. The Morgan fingerprint density at radius 3 is 2.89 bits per heavy atom. The Morgan fingerprint density at radius 1 is 1.39 bits per heavy atom. The average molecular weight is 251 g/mol. The molecule has 1 aliphatic rings. The average Bonchev–Trinajstić information content (AvgIpc) is 2.42. The Morgan fingerprint density at radius 2 is 2.22 bits per heavy atom. The Bertz CT molecular complexity index is 363. The van der Waals surface area contributed by atoms with Crippen LogP contribution in [0.5, 0.6) is 0 Å². The summed E-state index contributed by atoms with van der Waals surface area (Å²) in [6.45, 7) is 0.884. The Labute approximate surface area is 109 Å². The second-order valence-corrected chi connectivity index (χ2v) is 4.93. The fraction of sp³-hybridized carbons (Fsp3) is 0.600. The number of halogens is 1. The highest BCUT2D eigenvalue weighted by atomic mass is 19.1. The van der Waals surface area contributed by atoms with E-state index in [1.54, 1.807) is 6.07 Å². The molecular formula is C15H22FNO. The molecule has 0 radical (unpaired) electrons. The molecular weight excluding hydrogens is 229 g/mol. The lowest BCUT2D eigenvalue weighted by Crippen LogP contribution is -2.23. The lowest BCUT2D eigenvalue weighted by atomic mass is 9.97. The summed E-state index contributed by atoms with van der Waals surface area (Å²) in [6, 6.07) is 7.08. The molecule has 0 saturated carbocycles. The molecule has 1 fully saturated rings. The van der Waals surface area contributed by atoms with Gasteiger partial charge in [-0.05, 0) is 45.2 Å². The number of benzene rings is 1. The zero-order valence-corrected chi connectivity index (χ0v) is 11.0. The van der Waals surface area contributed by atoms with E-state index in [1.807, 2.05) is 19.2 Å². The van der Waals surface area contributed by atoms with E-state index >= 15 is 0 Å². The van der Waals surface area contributed by atoms with Crippen molar-refractivity contribution in [1.29, 1.82) is 0 Å². The van der Waals surface area contributed by atoms with Crippen LogP contribution in [0.4, 0.5) is 4.39 Å². The normalized spacial score (nSPS) is 21.8. The standard InChI is InChI=1S/C15H22FNO/c1-17-15(13-7-2-3-8-14(13)16)10-9-12-6-4-5-11-18-12/h2-3,7-8,12,15,17H,4-6,9-11H2,1H3. The second kappa shape index (κ2) is 6.86. The van der Waals surface area contributed by atoms with Crippen LogP contribution in [0, 0.1) is 5.82 Å². The molecule has 0 aromatic heterocycles. The van der Waals surface area contributed by atoms with Gasteiger partial charge < -0.3 is 10.1 Å². The maximum absolute atomic E-state index is 13.7. The molecule has 2 unspecified atom stereocenters. The Balaban J connectivity index is 1.91. The topological polar surface area (TPSA) is 21.3 Å². The molecule has 1 aromatic carbocycles. The molecule has 1 aromatic rings. The van der Waals surface area contributed by atoms with Crippen LogP contribution in [0.2, 0.25) is 0 Å². The highest BCUT2D eigenvalue weighted by Gasteiger charge is 2.18. The molecule has 2 atom stereocenters. The Hall–Kier alpha value is -0.930. The molecule has 100 valence electrons. The van der Waals surface area contributed by atoms with Crippen molar-refractivity contribution in [2.24, 2.45) is 0 Å². The molecule has 3 heteroatoms. The molecule has 0 bridgehead atoms. The van der Waals surface area contributed by atoms with Crippen LogP contribution in [-0.2, 0) is 4.74 Å². The lowest BCUT2D eigenvalue weighted by Gasteiger charge is -2.25. The lowest BCUT2D eigenvalue weighted by molar-refractivity contribution is 0.00861. The summed E-state index contributed by atoms with van der Waals surface area (Å²) in [5, 5.41) is 3.20. The SMILES string of the molecule is CNC(CCC1CCCCO1)c1ccccc1F. The first kappa shape index (κ1) is 13.5. The number of ether oxygens (including phenoxy) is 1. The van der Waals surface area contributed by atoms with E-state index < -0.39 is 0 Å². The third-order valence-electron chi connectivity index (χ3n) is 3.68. The number of rotatable bonds is 5. The first-order valence-electron chi connectivity index (χ1n) is 6.84. The summed E-state index contributed by atoms with van der Waals surface area (Å²) in [4.78, 5) is 0. The van der Waals surface area contributed by atoms with Gasteiger partial charge in [-0.1, -0.05) is 18.2 Å². The van der Waals surface area contributed by atoms with E-state index in [-0.39, 0.29) is 11.9 Å². The molecule has 1 heterocycles. The van der Waals surface area contributed by atoms with Crippen LogP contribution in [0.25, 0.3) is 0 Å². The monoisotopic (exact) mass is 251 g/mol. The molecule has 18 heavy (non-hydrogen) atoms. The van der Waals surface area contributed by atoms with Crippen molar-refractivity contribution in [1.82, 2.24) is 5.32 Å². The van der Waals surface area contributed by atoms with Gasteiger partial charge in [0.15, 0.2) is 0 Å². The second-order valence-electron chi connectivity index (χ2n) is 4.93. The van der Waals surface area contributed by atoms with Crippen LogP contribution in [0.3, 0.4) is 0 Å². The van der Waals surface area contributed by atoms with E-state index in [1.165, 1.54) is 18.9 Å². The van der Waals surface area contributed by atoms with E-state index in [2.05, 4.69) is 5.32 Å². The van der Waals surface area contributed by atoms with Gasteiger partial charge in [0.25, 0.3) is 0 Å². The van der Waals surface area contributed by atoms with Crippen molar-refractivity contribution < 1.29 is 9.13 Å². The number of hydrogen-bond donors (Lipinski definition) is 1. The van der Waals surface area contributed by atoms with Crippen molar-refractivity contribution in [3.8, 4) is 0 Å². The number of hydrogen-bond acceptors (Lipinski definition) is 2. The summed E-state index contributed by atoms with van der Waals surface area (Å²) in [5.41, 5.74) is 0.760. The summed E-state index contributed by atoms with van der Waals surface area (Å²) < 4.78 is 19.4. The van der Waals surface area contributed by atoms with Gasteiger partial charge in [0.1, 0.15) is 5.82 Å². The van der Waals surface area contributed by atoms with Crippen molar-refractivity contribution in [2.45, 2.75) is 44.2 Å². The highest BCUT2D eigenvalue weighted by molar-refractivity contribution is 5.21. The van der Waals surface area contributed by atoms with Gasteiger partial charge in [0.2, 0.25) is 0 Å². The zero-order valence-electron chi connectivity index (χ0n) is 11.0. The minimum absolute atomic E-state index is 0.0803. The van der Waals surface area contributed by atoms with Gasteiger partial charge in [0, 0.05) is 18.2 Å². The van der Waals surface area contributed by atoms with Crippen LogP contribution in [0.1, 0.15) is 43.7 Å². The predicted octanol–water partition coefficient (Wildman–Crippen LogP) is 3.44. The first-order chi connectivity index (χ1) is 8.81. The van der Waals surface area contributed by atoms with Crippen LogP contribution >= 0.6 is 0 Å². The summed E-state index contributed by atoms with van der Waals surface area (Å²) >= 11 is 0. The zero-order chi connectivity index (χ0) is 12.8. The number of nitrogens with one attached hydrogen (secondary N) is 1. The summed E-state index contributed by atoms with van der Waals surface area (Å²) in [5.74, 6) is -0.124. The summed E-state index contributed by atoms with van der Waals surface area (Å²) in [7, 11) is 1.89. The Kier molecular flexibility index (Phi) is 5.14. The smallest absolute Gasteiger partial charge is 0.127 e. The summed E-state index contributed by atoms with van der Waals surface area (Å²) in [6.07, 6.45) is 5.87. The van der Waals surface area contributed by atoms with E-state index in [0.29, 0.717) is 6.10 Å². The minimum atomic E-state index is -0.124. The maximum atomic E-state index is 13.7. The van der Waals surface area contributed by atoms with Crippen molar-refractivity contribution in [2.75, 3.05) is 13.7 Å². The first-order valence-corrected chi connectivity index (χ1v) is 6.84. The molecule has 0 aliphatic carbocycles. The van der Waals surface area contributed by atoms with Crippen LogP contribution in [-0.4, -0.2) is 19.8 Å². The molecule has 0 spiro atoms. The fourth-order valence-corrected chi connectivity index (χ4v) is 2.60. The van der Waals surface area contributed by atoms with E-state index in [0.717, 1.165) is 31.4 Å². The molecule has 1 saturated heterocycles. The van der Waals surface area contributed by atoms with Crippen molar-refractivity contribution in [3.63, 3.8) is 0 Å². The van der Waals surface area contributed by atoms with Gasteiger partial charge in [0.05, 0.1) is 6.10 Å². The minimum Gasteiger partial charge on any atom is -0.378 e.